The average Bonchev–Trinajstić information content (AvgIpc) is 2.76. The fraction of sp³-hybridized carbons (Fsp3) is 0.231. The van der Waals surface area contributed by atoms with Crippen molar-refractivity contribution in [2.45, 2.75) is 13.0 Å². The van der Waals surface area contributed by atoms with E-state index in [0.717, 1.165) is 10.2 Å². The molecule has 0 bridgehead atoms. The lowest BCUT2D eigenvalue weighted by Gasteiger charge is -2.15. The Bertz CT molecular complexity index is 544. The zero-order valence-electron chi connectivity index (χ0n) is 10.0. The van der Waals surface area contributed by atoms with Gasteiger partial charge in [0, 0.05) is 15.0 Å². The van der Waals surface area contributed by atoms with Crippen LogP contribution in [0.3, 0.4) is 0 Å². The summed E-state index contributed by atoms with van der Waals surface area (Å²) in [7, 11) is 1.61. The summed E-state index contributed by atoms with van der Waals surface area (Å²) in [5.74, 6) is 0.687. The third-order valence-corrected chi connectivity index (χ3v) is 4.92. The number of methoxy groups -OCH3 is 1. The number of anilines is 1. The Hall–Kier alpha value is -0.710. The summed E-state index contributed by atoms with van der Waals surface area (Å²) in [5.41, 5.74) is 0.980. The Kier molecular flexibility index (Phi) is 4.54. The minimum absolute atomic E-state index is 0.226. The van der Waals surface area contributed by atoms with Gasteiger partial charge in [-0.15, -0.1) is 11.3 Å². The fourth-order valence-corrected chi connectivity index (χ4v) is 3.67. The molecule has 0 saturated heterocycles. The monoisotopic (exact) mass is 345 g/mol. The maximum atomic E-state index is 6.10. The maximum Gasteiger partial charge on any atom is 0.137 e. The molecule has 0 aliphatic heterocycles. The Morgan fingerprint density at radius 1 is 1.39 bits per heavy atom. The van der Waals surface area contributed by atoms with Gasteiger partial charge in [-0.1, -0.05) is 11.6 Å². The molecule has 2 nitrogen and oxygen atoms in total. The van der Waals surface area contributed by atoms with Crippen molar-refractivity contribution >= 4 is 44.6 Å². The normalized spacial score (nSPS) is 12.2. The van der Waals surface area contributed by atoms with Crippen LogP contribution >= 0.6 is 38.9 Å². The van der Waals surface area contributed by atoms with Crippen LogP contribution in [0.15, 0.2) is 34.1 Å². The molecule has 5 heteroatoms. The first-order chi connectivity index (χ1) is 8.61. The first-order valence-electron chi connectivity index (χ1n) is 5.44. The van der Waals surface area contributed by atoms with E-state index in [1.807, 2.05) is 18.2 Å². The Labute approximate surface area is 124 Å². The standard InChI is InChI=1S/C13H13BrClNOS/c1-8(13-10(14)5-6-18-13)16-9-3-4-12(17-2)11(15)7-9/h3-8,16H,1-2H3. The van der Waals surface area contributed by atoms with Gasteiger partial charge in [-0.3, -0.25) is 0 Å². The van der Waals surface area contributed by atoms with Gasteiger partial charge < -0.3 is 10.1 Å². The molecular formula is C13H13BrClNOS. The van der Waals surface area contributed by atoms with Gasteiger partial charge in [-0.25, -0.2) is 0 Å². The van der Waals surface area contributed by atoms with Crippen molar-refractivity contribution in [2.75, 3.05) is 12.4 Å². The molecule has 2 aromatic rings. The van der Waals surface area contributed by atoms with Gasteiger partial charge in [-0.2, -0.15) is 0 Å². The molecule has 1 N–H and O–H groups in total. The molecule has 0 radical (unpaired) electrons. The number of benzene rings is 1. The quantitative estimate of drug-likeness (QED) is 0.806. The summed E-state index contributed by atoms with van der Waals surface area (Å²) < 4.78 is 6.26. The van der Waals surface area contributed by atoms with Crippen molar-refractivity contribution < 1.29 is 4.74 Å². The van der Waals surface area contributed by atoms with Crippen molar-refractivity contribution in [1.29, 1.82) is 0 Å². The van der Waals surface area contributed by atoms with Crippen LogP contribution in [-0.2, 0) is 0 Å². The van der Waals surface area contributed by atoms with Gasteiger partial charge in [0.25, 0.3) is 0 Å². The Morgan fingerprint density at radius 3 is 2.72 bits per heavy atom. The second-order valence-electron chi connectivity index (χ2n) is 3.85. The number of hydrogen-bond donors (Lipinski definition) is 1. The number of rotatable bonds is 4. The highest BCUT2D eigenvalue weighted by Crippen LogP contribution is 2.33. The third-order valence-electron chi connectivity index (χ3n) is 2.57. The smallest absolute Gasteiger partial charge is 0.137 e. The molecule has 0 fully saturated rings. The highest BCUT2D eigenvalue weighted by atomic mass is 79.9. The largest absolute Gasteiger partial charge is 0.495 e. The lowest BCUT2D eigenvalue weighted by molar-refractivity contribution is 0.415. The zero-order chi connectivity index (χ0) is 13.1. The van der Waals surface area contributed by atoms with E-state index in [0.29, 0.717) is 10.8 Å². The van der Waals surface area contributed by atoms with E-state index in [4.69, 9.17) is 16.3 Å². The van der Waals surface area contributed by atoms with Gasteiger partial charge in [0.15, 0.2) is 0 Å². The van der Waals surface area contributed by atoms with Gasteiger partial charge in [0.2, 0.25) is 0 Å². The molecule has 1 unspecified atom stereocenters. The van der Waals surface area contributed by atoms with Crippen molar-refractivity contribution in [3.8, 4) is 5.75 Å². The zero-order valence-corrected chi connectivity index (χ0v) is 13.2. The summed E-state index contributed by atoms with van der Waals surface area (Å²) in [5, 5.41) is 6.10. The van der Waals surface area contributed by atoms with Crippen molar-refractivity contribution in [2.24, 2.45) is 0 Å². The topological polar surface area (TPSA) is 21.3 Å². The van der Waals surface area contributed by atoms with Crippen LogP contribution in [0.25, 0.3) is 0 Å². The molecule has 18 heavy (non-hydrogen) atoms. The average molecular weight is 347 g/mol. The lowest BCUT2D eigenvalue weighted by Crippen LogP contribution is -2.05. The van der Waals surface area contributed by atoms with E-state index in [1.54, 1.807) is 18.4 Å². The summed E-state index contributed by atoms with van der Waals surface area (Å²) in [6.45, 7) is 2.12. The van der Waals surface area contributed by atoms with E-state index >= 15 is 0 Å². The Balaban J connectivity index is 2.15. The number of ether oxygens (including phenoxy) is 1. The van der Waals surface area contributed by atoms with Gasteiger partial charge in [0.05, 0.1) is 18.2 Å². The first-order valence-corrected chi connectivity index (χ1v) is 7.50. The number of nitrogens with one attached hydrogen (secondary N) is 1. The second-order valence-corrected chi connectivity index (χ2v) is 6.06. The molecule has 1 heterocycles. The molecule has 0 aliphatic rings. The number of thiophene rings is 1. The molecule has 0 amide bonds. The predicted octanol–water partition coefficient (Wildman–Crippen LogP) is 5.35. The highest BCUT2D eigenvalue weighted by Gasteiger charge is 2.11. The minimum Gasteiger partial charge on any atom is -0.495 e. The molecule has 1 atom stereocenters. The van der Waals surface area contributed by atoms with Gasteiger partial charge in [0.1, 0.15) is 5.75 Å². The summed E-state index contributed by atoms with van der Waals surface area (Å²) in [6, 6.07) is 7.98. The maximum absolute atomic E-state index is 6.10. The fourth-order valence-electron chi connectivity index (χ4n) is 1.69. The van der Waals surface area contributed by atoms with Crippen LogP contribution in [0.4, 0.5) is 5.69 Å². The van der Waals surface area contributed by atoms with E-state index in [1.165, 1.54) is 4.88 Å². The SMILES string of the molecule is COc1ccc(NC(C)c2sccc2Br)cc1Cl. The van der Waals surface area contributed by atoms with Crippen LogP contribution in [-0.4, -0.2) is 7.11 Å². The van der Waals surface area contributed by atoms with Crippen LogP contribution in [0.1, 0.15) is 17.8 Å². The number of halogens is 2. The van der Waals surface area contributed by atoms with Crippen LogP contribution in [0, 0.1) is 0 Å². The van der Waals surface area contributed by atoms with Crippen molar-refractivity contribution in [1.82, 2.24) is 0 Å². The lowest BCUT2D eigenvalue weighted by atomic mass is 10.2. The van der Waals surface area contributed by atoms with Crippen LogP contribution in [0.5, 0.6) is 5.75 Å². The highest BCUT2D eigenvalue weighted by molar-refractivity contribution is 9.10. The van der Waals surface area contributed by atoms with E-state index in [2.05, 4.69) is 39.6 Å². The van der Waals surface area contributed by atoms with Gasteiger partial charge in [-0.05, 0) is 52.5 Å². The molecule has 0 aliphatic carbocycles. The number of hydrogen-bond acceptors (Lipinski definition) is 3. The summed E-state index contributed by atoms with van der Waals surface area (Å²) in [4.78, 5) is 1.27. The van der Waals surface area contributed by atoms with Crippen molar-refractivity contribution in [3.05, 3.63) is 44.0 Å². The molecule has 2 rings (SSSR count). The van der Waals surface area contributed by atoms with E-state index in [-0.39, 0.29) is 6.04 Å². The molecule has 96 valence electrons. The predicted molar refractivity (Wildman–Crippen MR) is 82.1 cm³/mol. The Morgan fingerprint density at radius 2 is 2.17 bits per heavy atom. The van der Waals surface area contributed by atoms with Crippen molar-refractivity contribution in [3.63, 3.8) is 0 Å². The second kappa shape index (κ2) is 5.95. The van der Waals surface area contributed by atoms with Crippen LogP contribution in [0.2, 0.25) is 5.02 Å². The first kappa shape index (κ1) is 13.7. The van der Waals surface area contributed by atoms with E-state index < -0.39 is 0 Å². The van der Waals surface area contributed by atoms with Gasteiger partial charge >= 0.3 is 0 Å². The molecular weight excluding hydrogens is 334 g/mol. The molecule has 0 saturated carbocycles. The molecule has 1 aromatic heterocycles. The van der Waals surface area contributed by atoms with Crippen LogP contribution < -0.4 is 10.1 Å². The summed E-state index contributed by atoms with van der Waals surface area (Å²) >= 11 is 11.4. The minimum atomic E-state index is 0.226. The summed E-state index contributed by atoms with van der Waals surface area (Å²) in [6.07, 6.45) is 0. The third kappa shape index (κ3) is 2.99. The van der Waals surface area contributed by atoms with E-state index in [9.17, 15) is 0 Å². The molecule has 0 spiro atoms. The molecule has 1 aromatic carbocycles.